The molecule has 7 nitrogen and oxygen atoms in total. The first kappa shape index (κ1) is 19.3. The van der Waals surface area contributed by atoms with Crippen molar-refractivity contribution in [2.24, 2.45) is 0 Å². The van der Waals surface area contributed by atoms with Crippen LogP contribution in [0.3, 0.4) is 0 Å². The van der Waals surface area contributed by atoms with Gasteiger partial charge >= 0.3 is 0 Å². The van der Waals surface area contributed by atoms with Crippen LogP contribution >= 0.6 is 0 Å². The van der Waals surface area contributed by atoms with Crippen molar-refractivity contribution in [1.82, 2.24) is 10.6 Å². The number of amides is 2. The summed E-state index contributed by atoms with van der Waals surface area (Å²) in [6, 6.07) is 2.83. The maximum Gasteiger partial charge on any atom is 0.244 e. The van der Waals surface area contributed by atoms with E-state index in [1.54, 1.807) is 25.1 Å². The molecule has 0 heterocycles. The number of rotatable bonds is 8. The molecule has 0 bridgehead atoms. The van der Waals surface area contributed by atoms with Gasteiger partial charge in [-0.05, 0) is 37.6 Å². The summed E-state index contributed by atoms with van der Waals surface area (Å²) in [5.74, 6) is 0.862. The Balaban J connectivity index is 2.86. The van der Waals surface area contributed by atoms with Crippen LogP contribution in [0.2, 0.25) is 0 Å². The number of ether oxygens (including phenoxy) is 3. The van der Waals surface area contributed by atoms with E-state index in [1.807, 2.05) is 6.92 Å². The van der Waals surface area contributed by atoms with Crippen LogP contribution in [0, 0.1) is 0 Å². The Bertz CT molecular complexity index is 588. The SMILES string of the molecule is CCNC(=O)[C@@H](C)NC(=O)/C=C/c1cc(OC)c(OC)c(OC)c1. The lowest BCUT2D eigenvalue weighted by Gasteiger charge is -2.13. The third-order valence-corrected chi connectivity index (χ3v) is 3.22. The highest BCUT2D eigenvalue weighted by Crippen LogP contribution is 2.38. The van der Waals surface area contributed by atoms with E-state index < -0.39 is 6.04 Å². The molecule has 0 unspecified atom stereocenters. The minimum absolute atomic E-state index is 0.230. The van der Waals surface area contributed by atoms with Crippen LogP contribution < -0.4 is 24.8 Å². The van der Waals surface area contributed by atoms with E-state index in [9.17, 15) is 9.59 Å². The standard InChI is InChI=1S/C17H24N2O5/c1-6-18-17(21)11(2)19-15(20)8-7-12-9-13(22-3)16(24-5)14(10-12)23-4/h7-11H,6H2,1-5H3,(H,18,21)(H,19,20)/b8-7+/t11-/m1/s1. The first-order valence-electron chi connectivity index (χ1n) is 7.53. The van der Waals surface area contributed by atoms with Gasteiger partial charge in [0, 0.05) is 12.6 Å². The highest BCUT2D eigenvalue weighted by atomic mass is 16.5. The third-order valence-electron chi connectivity index (χ3n) is 3.22. The lowest BCUT2D eigenvalue weighted by atomic mass is 10.1. The monoisotopic (exact) mass is 336 g/mol. The second-order valence-electron chi connectivity index (χ2n) is 4.92. The molecule has 0 aliphatic carbocycles. The van der Waals surface area contributed by atoms with Gasteiger partial charge in [0.05, 0.1) is 21.3 Å². The van der Waals surface area contributed by atoms with Crippen molar-refractivity contribution in [2.45, 2.75) is 19.9 Å². The molecule has 7 heteroatoms. The van der Waals surface area contributed by atoms with Gasteiger partial charge in [-0.25, -0.2) is 0 Å². The molecular weight excluding hydrogens is 312 g/mol. The molecule has 0 aliphatic rings. The quantitative estimate of drug-likeness (QED) is 0.700. The molecule has 1 atom stereocenters. The fourth-order valence-corrected chi connectivity index (χ4v) is 2.02. The molecule has 2 N–H and O–H groups in total. The molecule has 1 rings (SSSR count). The largest absolute Gasteiger partial charge is 0.493 e. The Kier molecular flexibility index (Phi) is 7.61. The predicted octanol–water partition coefficient (Wildman–Crippen LogP) is 1.37. The summed E-state index contributed by atoms with van der Waals surface area (Å²) in [6.07, 6.45) is 2.95. The normalized spacial score (nSPS) is 11.7. The van der Waals surface area contributed by atoms with E-state index in [1.165, 1.54) is 27.4 Å². The second kappa shape index (κ2) is 9.44. The molecule has 0 fully saturated rings. The molecule has 0 saturated heterocycles. The molecule has 0 saturated carbocycles. The summed E-state index contributed by atoms with van der Waals surface area (Å²) in [7, 11) is 4.56. The minimum Gasteiger partial charge on any atom is -0.493 e. The smallest absolute Gasteiger partial charge is 0.244 e. The van der Waals surface area contributed by atoms with E-state index in [4.69, 9.17) is 14.2 Å². The molecule has 0 aliphatic heterocycles. The number of hydrogen-bond acceptors (Lipinski definition) is 5. The fourth-order valence-electron chi connectivity index (χ4n) is 2.02. The van der Waals surface area contributed by atoms with E-state index >= 15 is 0 Å². The Morgan fingerprint density at radius 2 is 1.71 bits per heavy atom. The van der Waals surface area contributed by atoms with Crippen LogP contribution in [-0.2, 0) is 9.59 Å². The fraction of sp³-hybridized carbons (Fsp3) is 0.412. The highest BCUT2D eigenvalue weighted by Gasteiger charge is 2.14. The van der Waals surface area contributed by atoms with Crippen LogP contribution in [0.5, 0.6) is 17.2 Å². The van der Waals surface area contributed by atoms with Gasteiger partial charge in [0.1, 0.15) is 6.04 Å². The molecule has 24 heavy (non-hydrogen) atoms. The van der Waals surface area contributed by atoms with E-state index in [0.29, 0.717) is 29.4 Å². The number of carbonyl (C=O) groups excluding carboxylic acids is 2. The van der Waals surface area contributed by atoms with E-state index in [2.05, 4.69) is 10.6 Å². The molecule has 0 spiro atoms. The van der Waals surface area contributed by atoms with E-state index in [0.717, 1.165) is 0 Å². The lowest BCUT2D eigenvalue weighted by molar-refractivity contribution is -0.126. The van der Waals surface area contributed by atoms with Crippen molar-refractivity contribution in [2.75, 3.05) is 27.9 Å². The minimum atomic E-state index is -0.609. The molecule has 0 aromatic heterocycles. The number of nitrogens with one attached hydrogen (secondary N) is 2. The first-order valence-corrected chi connectivity index (χ1v) is 7.53. The van der Waals surface area contributed by atoms with Gasteiger partial charge in [-0.15, -0.1) is 0 Å². The highest BCUT2D eigenvalue weighted by molar-refractivity contribution is 5.95. The zero-order chi connectivity index (χ0) is 18.1. The summed E-state index contributed by atoms with van der Waals surface area (Å²) in [4.78, 5) is 23.5. The molecule has 2 amide bonds. The summed E-state index contributed by atoms with van der Waals surface area (Å²) in [5.41, 5.74) is 0.699. The van der Waals surface area contributed by atoms with Gasteiger partial charge in [-0.2, -0.15) is 0 Å². The van der Waals surface area contributed by atoms with Gasteiger partial charge in [0.15, 0.2) is 11.5 Å². The molecule has 1 aromatic rings. The van der Waals surface area contributed by atoms with E-state index in [-0.39, 0.29) is 11.8 Å². The maximum absolute atomic E-state index is 11.9. The zero-order valence-electron chi connectivity index (χ0n) is 14.6. The summed E-state index contributed by atoms with van der Waals surface area (Å²) >= 11 is 0. The van der Waals surface area contributed by atoms with Crippen molar-refractivity contribution in [3.05, 3.63) is 23.8 Å². The third kappa shape index (κ3) is 5.19. The molecule has 132 valence electrons. The number of methoxy groups -OCH3 is 3. The Hall–Kier alpha value is -2.70. The summed E-state index contributed by atoms with van der Waals surface area (Å²) in [5, 5.41) is 5.23. The number of likely N-dealkylation sites (N-methyl/N-ethyl adjacent to an activating group) is 1. The average molecular weight is 336 g/mol. The Labute approximate surface area is 142 Å². The predicted molar refractivity (Wildman–Crippen MR) is 91.4 cm³/mol. The summed E-state index contributed by atoms with van der Waals surface area (Å²) < 4.78 is 15.8. The number of carbonyl (C=O) groups is 2. The van der Waals surface area contributed by atoms with Gasteiger partial charge in [0.25, 0.3) is 0 Å². The van der Waals surface area contributed by atoms with Crippen molar-refractivity contribution < 1.29 is 23.8 Å². The van der Waals surface area contributed by atoms with Crippen LogP contribution in [0.25, 0.3) is 6.08 Å². The summed E-state index contributed by atoms with van der Waals surface area (Å²) in [6.45, 7) is 3.95. The van der Waals surface area contributed by atoms with Crippen molar-refractivity contribution in [3.63, 3.8) is 0 Å². The van der Waals surface area contributed by atoms with Crippen LogP contribution in [-0.4, -0.2) is 45.7 Å². The van der Waals surface area contributed by atoms with Crippen molar-refractivity contribution in [1.29, 1.82) is 0 Å². The lowest BCUT2D eigenvalue weighted by Crippen LogP contribution is -2.44. The number of benzene rings is 1. The van der Waals surface area contributed by atoms with Gasteiger partial charge in [-0.1, -0.05) is 0 Å². The molecule has 0 radical (unpaired) electrons. The average Bonchev–Trinajstić information content (AvgIpc) is 2.58. The Morgan fingerprint density at radius 3 is 2.17 bits per heavy atom. The van der Waals surface area contributed by atoms with Crippen LogP contribution in [0.4, 0.5) is 0 Å². The van der Waals surface area contributed by atoms with Crippen LogP contribution in [0.15, 0.2) is 18.2 Å². The van der Waals surface area contributed by atoms with Crippen molar-refractivity contribution >= 4 is 17.9 Å². The second-order valence-corrected chi connectivity index (χ2v) is 4.92. The first-order chi connectivity index (χ1) is 11.5. The van der Waals surface area contributed by atoms with Gasteiger partial charge in [0.2, 0.25) is 17.6 Å². The van der Waals surface area contributed by atoms with Crippen molar-refractivity contribution in [3.8, 4) is 17.2 Å². The number of hydrogen-bond donors (Lipinski definition) is 2. The van der Waals surface area contributed by atoms with Gasteiger partial charge in [-0.3, -0.25) is 9.59 Å². The molecule has 1 aromatic carbocycles. The van der Waals surface area contributed by atoms with Gasteiger partial charge < -0.3 is 24.8 Å². The Morgan fingerprint density at radius 1 is 1.12 bits per heavy atom. The zero-order valence-corrected chi connectivity index (χ0v) is 14.6. The topological polar surface area (TPSA) is 85.9 Å². The van der Waals surface area contributed by atoms with Crippen LogP contribution in [0.1, 0.15) is 19.4 Å². The maximum atomic E-state index is 11.9. The molecular formula is C17H24N2O5.